The van der Waals surface area contributed by atoms with Gasteiger partial charge in [-0.05, 0) is 34.0 Å². The Bertz CT molecular complexity index is 464. The molecule has 6 heteroatoms. The summed E-state index contributed by atoms with van der Waals surface area (Å²) in [5.41, 5.74) is 6.45. The van der Waals surface area contributed by atoms with E-state index in [0.717, 1.165) is 10.0 Å². The van der Waals surface area contributed by atoms with Crippen LogP contribution in [0.4, 0.5) is 0 Å². The molecule has 1 atom stereocenters. The van der Waals surface area contributed by atoms with E-state index in [2.05, 4.69) is 20.9 Å². The number of nitrogens with two attached hydrogens (primary N) is 1. The van der Waals surface area contributed by atoms with Crippen molar-refractivity contribution in [3.8, 4) is 0 Å². The number of pyridine rings is 1. The fraction of sp³-hybridized carbons (Fsp3) is 0.364. The third-order valence-electron chi connectivity index (χ3n) is 2.66. The van der Waals surface area contributed by atoms with Gasteiger partial charge in [0.1, 0.15) is 0 Å². The molecule has 1 aliphatic rings. The second-order valence-electron chi connectivity index (χ2n) is 3.97. The highest BCUT2D eigenvalue weighted by molar-refractivity contribution is 9.10. The lowest BCUT2D eigenvalue weighted by molar-refractivity contribution is -0.149. The highest BCUT2D eigenvalue weighted by atomic mass is 79.9. The summed E-state index contributed by atoms with van der Waals surface area (Å²) in [4.78, 5) is 28.6. The van der Waals surface area contributed by atoms with E-state index in [4.69, 9.17) is 5.73 Å². The molecule has 0 bridgehead atoms. The molecular formula is C11H12BrN3O2. The number of rotatable bonds is 2. The van der Waals surface area contributed by atoms with Gasteiger partial charge < -0.3 is 5.73 Å². The first-order chi connectivity index (χ1) is 8.08. The predicted molar refractivity (Wildman–Crippen MR) is 64.7 cm³/mol. The van der Waals surface area contributed by atoms with Gasteiger partial charge in [0.05, 0.1) is 12.6 Å². The summed E-state index contributed by atoms with van der Waals surface area (Å²) < 4.78 is 0.816. The Morgan fingerprint density at radius 1 is 1.47 bits per heavy atom. The van der Waals surface area contributed by atoms with Crippen LogP contribution in [-0.2, 0) is 16.1 Å². The van der Waals surface area contributed by atoms with Gasteiger partial charge in [-0.1, -0.05) is 0 Å². The highest BCUT2D eigenvalue weighted by Crippen LogP contribution is 2.17. The van der Waals surface area contributed by atoms with Gasteiger partial charge in [-0.15, -0.1) is 0 Å². The molecule has 0 aliphatic carbocycles. The zero-order valence-electron chi connectivity index (χ0n) is 9.10. The van der Waals surface area contributed by atoms with Crippen LogP contribution in [0.25, 0.3) is 0 Å². The van der Waals surface area contributed by atoms with Crippen molar-refractivity contribution in [2.45, 2.75) is 25.4 Å². The molecule has 0 aromatic carbocycles. The van der Waals surface area contributed by atoms with Gasteiger partial charge in [0, 0.05) is 23.3 Å². The first-order valence-electron chi connectivity index (χ1n) is 5.27. The molecule has 1 unspecified atom stereocenters. The molecule has 2 amide bonds. The van der Waals surface area contributed by atoms with Gasteiger partial charge in [0.25, 0.3) is 0 Å². The minimum Gasteiger partial charge on any atom is -0.320 e. The van der Waals surface area contributed by atoms with E-state index in [1.165, 1.54) is 4.90 Å². The first kappa shape index (κ1) is 12.2. The molecule has 1 fully saturated rings. The summed E-state index contributed by atoms with van der Waals surface area (Å²) >= 11 is 3.29. The molecule has 2 heterocycles. The maximum atomic E-state index is 11.8. The second kappa shape index (κ2) is 4.93. The number of piperidine rings is 1. The van der Waals surface area contributed by atoms with Crippen molar-refractivity contribution < 1.29 is 9.59 Å². The Kier molecular flexibility index (Phi) is 3.54. The van der Waals surface area contributed by atoms with Crippen LogP contribution in [-0.4, -0.2) is 27.7 Å². The summed E-state index contributed by atoms with van der Waals surface area (Å²) in [6.07, 6.45) is 4.04. The third-order valence-corrected chi connectivity index (χ3v) is 3.09. The maximum Gasteiger partial charge on any atom is 0.246 e. The van der Waals surface area contributed by atoms with Crippen LogP contribution in [0.1, 0.15) is 18.4 Å². The highest BCUT2D eigenvalue weighted by Gasteiger charge is 2.31. The van der Waals surface area contributed by atoms with E-state index in [0.29, 0.717) is 12.8 Å². The van der Waals surface area contributed by atoms with Crippen molar-refractivity contribution in [3.63, 3.8) is 0 Å². The molecule has 17 heavy (non-hydrogen) atoms. The normalized spacial score (nSPS) is 20.8. The molecule has 5 nitrogen and oxygen atoms in total. The van der Waals surface area contributed by atoms with Crippen LogP contribution < -0.4 is 5.73 Å². The number of carbonyl (C=O) groups is 2. The van der Waals surface area contributed by atoms with Crippen molar-refractivity contribution in [2.75, 3.05) is 0 Å². The van der Waals surface area contributed by atoms with Crippen molar-refractivity contribution >= 4 is 27.7 Å². The topological polar surface area (TPSA) is 76.3 Å². The standard InChI is InChI=1S/C11H12BrN3O2/c12-8-3-7(4-14-5-8)6-15-10(16)2-1-9(13)11(15)17/h3-5,9H,1-2,6,13H2. The summed E-state index contributed by atoms with van der Waals surface area (Å²) in [7, 11) is 0. The molecule has 0 spiro atoms. The Balaban J connectivity index is 2.16. The zero-order chi connectivity index (χ0) is 12.4. The summed E-state index contributed by atoms with van der Waals surface area (Å²) in [5, 5.41) is 0. The molecule has 90 valence electrons. The molecule has 1 aromatic rings. The van der Waals surface area contributed by atoms with E-state index >= 15 is 0 Å². The van der Waals surface area contributed by atoms with Crippen molar-refractivity contribution in [1.29, 1.82) is 0 Å². The fourth-order valence-corrected chi connectivity index (χ4v) is 2.16. The van der Waals surface area contributed by atoms with Gasteiger partial charge in [-0.25, -0.2) is 0 Å². The first-order valence-corrected chi connectivity index (χ1v) is 6.06. The van der Waals surface area contributed by atoms with Gasteiger partial charge in [0.15, 0.2) is 0 Å². The molecule has 1 aromatic heterocycles. The van der Waals surface area contributed by atoms with Crippen LogP contribution >= 0.6 is 15.9 Å². The number of imide groups is 1. The lowest BCUT2D eigenvalue weighted by Crippen LogP contribution is -2.50. The van der Waals surface area contributed by atoms with Gasteiger partial charge >= 0.3 is 0 Å². The molecule has 2 N–H and O–H groups in total. The van der Waals surface area contributed by atoms with Crippen LogP contribution in [0.3, 0.4) is 0 Å². The second-order valence-corrected chi connectivity index (χ2v) is 4.89. The van der Waals surface area contributed by atoms with E-state index < -0.39 is 6.04 Å². The number of hydrogen-bond acceptors (Lipinski definition) is 4. The monoisotopic (exact) mass is 297 g/mol. The largest absolute Gasteiger partial charge is 0.320 e. The number of halogens is 1. The van der Waals surface area contributed by atoms with Crippen LogP contribution in [0.15, 0.2) is 22.9 Å². The van der Waals surface area contributed by atoms with E-state index in [-0.39, 0.29) is 18.4 Å². The van der Waals surface area contributed by atoms with Crippen LogP contribution in [0.5, 0.6) is 0 Å². The number of hydrogen-bond donors (Lipinski definition) is 1. The average Bonchev–Trinajstić information content (AvgIpc) is 2.30. The molecular weight excluding hydrogens is 286 g/mol. The summed E-state index contributed by atoms with van der Waals surface area (Å²) in [5.74, 6) is -0.474. The van der Waals surface area contributed by atoms with Crippen LogP contribution in [0, 0.1) is 0 Å². The van der Waals surface area contributed by atoms with E-state index in [1.54, 1.807) is 12.4 Å². The number of likely N-dealkylation sites (tertiary alicyclic amines) is 1. The van der Waals surface area contributed by atoms with Crippen LogP contribution in [0.2, 0.25) is 0 Å². The van der Waals surface area contributed by atoms with Crippen molar-refractivity contribution in [1.82, 2.24) is 9.88 Å². The number of amides is 2. The Hall–Kier alpha value is -1.27. The van der Waals surface area contributed by atoms with Crippen molar-refractivity contribution in [3.05, 3.63) is 28.5 Å². The van der Waals surface area contributed by atoms with E-state index in [1.807, 2.05) is 6.07 Å². The lowest BCUT2D eigenvalue weighted by Gasteiger charge is -2.28. The smallest absolute Gasteiger partial charge is 0.246 e. The summed E-state index contributed by atoms with van der Waals surface area (Å²) in [6.45, 7) is 0.234. The minimum atomic E-state index is -0.562. The Labute approximate surface area is 107 Å². The number of carbonyl (C=O) groups excluding carboxylic acids is 2. The third kappa shape index (κ3) is 2.70. The quantitative estimate of drug-likeness (QED) is 0.820. The molecule has 0 radical (unpaired) electrons. The number of nitrogens with zero attached hydrogens (tertiary/aromatic N) is 2. The zero-order valence-corrected chi connectivity index (χ0v) is 10.7. The maximum absolute atomic E-state index is 11.8. The summed E-state index contributed by atoms with van der Waals surface area (Å²) in [6, 6.07) is 1.26. The van der Waals surface area contributed by atoms with Gasteiger partial charge in [-0.2, -0.15) is 0 Å². The predicted octanol–water partition coefficient (Wildman–Crippen LogP) is 0.820. The average molecular weight is 298 g/mol. The SMILES string of the molecule is NC1CCC(=O)N(Cc2cncc(Br)c2)C1=O. The molecule has 1 aliphatic heterocycles. The molecule has 2 rings (SSSR count). The minimum absolute atomic E-state index is 0.170. The van der Waals surface area contributed by atoms with Crippen molar-refractivity contribution in [2.24, 2.45) is 5.73 Å². The molecule has 0 saturated carbocycles. The Morgan fingerprint density at radius 2 is 2.24 bits per heavy atom. The fourth-order valence-electron chi connectivity index (χ4n) is 1.75. The van der Waals surface area contributed by atoms with Gasteiger partial charge in [-0.3, -0.25) is 19.5 Å². The lowest BCUT2D eigenvalue weighted by atomic mass is 10.0. The van der Waals surface area contributed by atoms with Gasteiger partial charge in [0.2, 0.25) is 11.8 Å². The Morgan fingerprint density at radius 3 is 2.94 bits per heavy atom. The van der Waals surface area contributed by atoms with E-state index in [9.17, 15) is 9.59 Å². The number of aromatic nitrogens is 1. The molecule has 1 saturated heterocycles.